The summed E-state index contributed by atoms with van der Waals surface area (Å²) in [6, 6.07) is 0. The maximum absolute atomic E-state index is 12.2. The molecule has 1 amide bonds. The molecule has 1 fully saturated rings. The Morgan fingerprint density at radius 1 is 1.26 bits per heavy atom. The monoisotopic (exact) mass is 271 g/mol. The van der Waals surface area contributed by atoms with Crippen molar-refractivity contribution in [2.45, 2.75) is 39.7 Å². The van der Waals surface area contributed by atoms with E-state index in [4.69, 9.17) is 9.47 Å². The summed E-state index contributed by atoms with van der Waals surface area (Å²) in [5, 5.41) is 2.48. The van der Waals surface area contributed by atoms with Gasteiger partial charge in [-0.2, -0.15) is 0 Å². The Balaban J connectivity index is 3.20. The number of esters is 2. The van der Waals surface area contributed by atoms with Crippen LogP contribution in [0.1, 0.15) is 34.1 Å². The zero-order valence-electron chi connectivity index (χ0n) is 11.8. The van der Waals surface area contributed by atoms with Gasteiger partial charge in [0, 0.05) is 12.3 Å². The van der Waals surface area contributed by atoms with Gasteiger partial charge in [0.2, 0.25) is 11.4 Å². The summed E-state index contributed by atoms with van der Waals surface area (Å²) >= 11 is 0. The normalized spacial score (nSPS) is 21.1. The molecule has 6 nitrogen and oxygen atoms in total. The van der Waals surface area contributed by atoms with Crippen LogP contribution in [0.15, 0.2) is 0 Å². The minimum absolute atomic E-state index is 0.0345. The molecule has 0 unspecified atom stereocenters. The molecule has 1 rings (SSSR count). The zero-order valence-corrected chi connectivity index (χ0v) is 11.8. The molecule has 1 heterocycles. The fraction of sp³-hybridized carbons (Fsp3) is 0.769. The van der Waals surface area contributed by atoms with E-state index >= 15 is 0 Å². The smallest absolute Gasteiger partial charge is 0.344 e. The van der Waals surface area contributed by atoms with Crippen molar-refractivity contribution in [1.82, 2.24) is 5.32 Å². The second-order valence-corrected chi connectivity index (χ2v) is 4.85. The molecule has 19 heavy (non-hydrogen) atoms. The van der Waals surface area contributed by atoms with Gasteiger partial charge in [0.25, 0.3) is 0 Å². The van der Waals surface area contributed by atoms with Crippen molar-refractivity contribution in [3.8, 4) is 0 Å². The molecular formula is C13H21NO5. The lowest BCUT2D eigenvalue weighted by atomic mass is 9.78. The third kappa shape index (κ3) is 2.72. The van der Waals surface area contributed by atoms with Gasteiger partial charge in [0.1, 0.15) is 0 Å². The molecule has 6 heteroatoms. The van der Waals surface area contributed by atoms with E-state index in [1.807, 2.05) is 13.8 Å². The lowest BCUT2D eigenvalue weighted by molar-refractivity contribution is -0.169. The maximum Gasteiger partial charge on any atom is 0.344 e. The van der Waals surface area contributed by atoms with E-state index in [0.29, 0.717) is 0 Å². The van der Waals surface area contributed by atoms with E-state index in [0.717, 1.165) is 0 Å². The highest BCUT2D eigenvalue weighted by atomic mass is 16.6. The topological polar surface area (TPSA) is 81.7 Å². The lowest BCUT2D eigenvalue weighted by Crippen LogP contribution is -2.61. The van der Waals surface area contributed by atoms with Gasteiger partial charge in [-0.05, 0) is 19.8 Å². The van der Waals surface area contributed by atoms with Crippen molar-refractivity contribution >= 4 is 17.8 Å². The van der Waals surface area contributed by atoms with E-state index in [-0.39, 0.29) is 31.5 Å². The Morgan fingerprint density at radius 2 is 1.74 bits per heavy atom. The Kier molecular flexibility index (Phi) is 4.91. The standard InChI is InChI=1S/C13H21NO5/c1-5-18-11(16)13(12(17)19-6-2)9(8(3)4)7-10(15)14-13/h8-9H,5-7H2,1-4H3,(H,14,15)/t9-/m0/s1. The molecule has 108 valence electrons. The van der Waals surface area contributed by atoms with Gasteiger partial charge in [-0.1, -0.05) is 13.8 Å². The fourth-order valence-electron chi connectivity index (χ4n) is 2.43. The summed E-state index contributed by atoms with van der Waals surface area (Å²) in [7, 11) is 0. The van der Waals surface area contributed by atoms with E-state index in [9.17, 15) is 14.4 Å². The van der Waals surface area contributed by atoms with Crippen LogP contribution < -0.4 is 5.32 Å². The number of nitrogens with one attached hydrogen (secondary N) is 1. The number of carbonyl (C=O) groups is 3. The number of ether oxygens (including phenoxy) is 2. The molecule has 0 radical (unpaired) electrons. The number of hydrogen-bond acceptors (Lipinski definition) is 5. The van der Waals surface area contributed by atoms with Crippen LogP contribution in [0.2, 0.25) is 0 Å². The minimum atomic E-state index is -1.70. The average molecular weight is 271 g/mol. The Morgan fingerprint density at radius 3 is 2.11 bits per heavy atom. The van der Waals surface area contributed by atoms with Crippen LogP contribution in [0.25, 0.3) is 0 Å². The second-order valence-electron chi connectivity index (χ2n) is 4.85. The summed E-state index contributed by atoms with van der Waals surface area (Å²) in [6.07, 6.45) is 0.120. The summed E-state index contributed by atoms with van der Waals surface area (Å²) < 4.78 is 9.94. The highest BCUT2D eigenvalue weighted by molar-refractivity contribution is 6.10. The molecule has 1 saturated heterocycles. The molecule has 0 aromatic carbocycles. The third-order valence-electron chi connectivity index (χ3n) is 3.30. The van der Waals surface area contributed by atoms with Crippen LogP contribution in [-0.4, -0.2) is 36.6 Å². The summed E-state index contributed by atoms with van der Waals surface area (Å²) in [4.78, 5) is 36.1. The number of hydrogen-bond donors (Lipinski definition) is 1. The van der Waals surface area contributed by atoms with Crippen molar-refractivity contribution in [2.24, 2.45) is 11.8 Å². The molecule has 0 aromatic heterocycles. The minimum Gasteiger partial charge on any atom is -0.464 e. The van der Waals surface area contributed by atoms with Crippen molar-refractivity contribution in [1.29, 1.82) is 0 Å². The first kappa shape index (κ1) is 15.5. The SMILES string of the molecule is CCOC(=O)C1(C(=O)OCC)NC(=O)C[C@H]1C(C)C. The third-order valence-corrected chi connectivity index (χ3v) is 3.30. The zero-order chi connectivity index (χ0) is 14.6. The summed E-state index contributed by atoms with van der Waals surface area (Å²) in [5.41, 5.74) is -1.70. The predicted molar refractivity (Wildman–Crippen MR) is 67.1 cm³/mol. The molecular weight excluding hydrogens is 250 g/mol. The Hall–Kier alpha value is -1.59. The van der Waals surface area contributed by atoms with Crippen molar-refractivity contribution in [3.63, 3.8) is 0 Å². The fourth-order valence-corrected chi connectivity index (χ4v) is 2.43. The number of amides is 1. The van der Waals surface area contributed by atoms with Crippen LogP contribution in [0, 0.1) is 11.8 Å². The van der Waals surface area contributed by atoms with Crippen molar-refractivity contribution in [3.05, 3.63) is 0 Å². The van der Waals surface area contributed by atoms with Crippen LogP contribution in [0.5, 0.6) is 0 Å². The van der Waals surface area contributed by atoms with E-state index in [1.54, 1.807) is 13.8 Å². The Bertz CT molecular complexity index is 359. The predicted octanol–water partition coefficient (Wildman–Crippen LogP) is 0.643. The van der Waals surface area contributed by atoms with Gasteiger partial charge in [0.15, 0.2) is 0 Å². The van der Waals surface area contributed by atoms with Crippen LogP contribution in [0.4, 0.5) is 0 Å². The highest BCUT2D eigenvalue weighted by Crippen LogP contribution is 2.35. The van der Waals surface area contributed by atoms with Gasteiger partial charge in [-0.15, -0.1) is 0 Å². The molecule has 0 aromatic rings. The summed E-state index contributed by atoms with van der Waals surface area (Å²) in [6.45, 7) is 7.30. The highest BCUT2D eigenvalue weighted by Gasteiger charge is 2.61. The molecule has 0 spiro atoms. The molecule has 1 N–H and O–H groups in total. The quantitative estimate of drug-likeness (QED) is 0.586. The largest absolute Gasteiger partial charge is 0.464 e. The van der Waals surface area contributed by atoms with Crippen LogP contribution >= 0.6 is 0 Å². The van der Waals surface area contributed by atoms with Crippen LogP contribution in [-0.2, 0) is 23.9 Å². The van der Waals surface area contributed by atoms with Gasteiger partial charge >= 0.3 is 11.9 Å². The van der Waals surface area contributed by atoms with Crippen LogP contribution in [0.3, 0.4) is 0 Å². The van der Waals surface area contributed by atoms with E-state index in [1.165, 1.54) is 0 Å². The Labute approximate surface area is 112 Å². The molecule has 1 atom stereocenters. The van der Waals surface area contributed by atoms with Gasteiger partial charge in [0.05, 0.1) is 13.2 Å². The van der Waals surface area contributed by atoms with E-state index in [2.05, 4.69) is 5.32 Å². The first-order valence-corrected chi connectivity index (χ1v) is 6.55. The molecule has 0 saturated carbocycles. The summed E-state index contributed by atoms with van der Waals surface area (Å²) in [5.74, 6) is -2.30. The molecule has 1 aliphatic heterocycles. The number of rotatable bonds is 5. The van der Waals surface area contributed by atoms with Crippen molar-refractivity contribution in [2.75, 3.05) is 13.2 Å². The van der Waals surface area contributed by atoms with Crippen molar-refractivity contribution < 1.29 is 23.9 Å². The molecule has 0 bridgehead atoms. The second kappa shape index (κ2) is 6.04. The molecule has 1 aliphatic rings. The molecule has 0 aliphatic carbocycles. The van der Waals surface area contributed by atoms with Gasteiger partial charge in [-0.3, -0.25) is 4.79 Å². The first-order valence-electron chi connectivity index (χ1n) is 6.55. The van der Waals surface area contributed by atoms with Gasteiger partial charge in [-0.25, -0.2) is 9.59 Å². The average Bonchev–Trinajstić information content (AvgIpc) is 2.69. The lowest BCUT2D eigenvalue weighted by Gasteiger charge is -2.32. The van der Waals surface area contributed by atoms with Gasteiger partial charge < -0.3 is 14.8 Å². The number of carbonyl (C=O) groups excluding carboxylic acids is 3. The maximum atomic E-state index is 12.2. The first-order chi connectivity index (χ1) is 8.90. The van der Waals surface area contributed by atoms with E-state index < -0.39 is 23.4 Å².